The molecule has 37 heavy (non-hydrogen) atoms. The van der Waals surface area contributed by atoms with Crippen LogP contribution in [-0.2, 0) is 17.9 Å². The Bertz CT molecular complexity index is 1490. The molecule has 2 N–H and O–H groups in total. The minimum atomic E-state index is -0.295. The lowest BCUT2D eigenvalue weighted by molar-refractivity contribution is 0.101. The SMILES string of the molecule is COCc1ccc(C(C)=O)c2sc(C(=O)Nc3cc(CN4CCC(O)C4)c4ccccc4n3)c(C)c12.Cl. The van der Waals surface area contributed by atoms with Gasteiger partial charge in [-0.05, 0) is 55.2 Å². The lowest BCUT2D eigenvalue weighted by Crippen LogP contribution is -2.22. The number of halogens is 1. The number of anilines is 1. The van der Waals surface area contributed by atoms with Gasteiger partial charge in [-0.1, -0.05) is 24.3 Å². The number of para-hydroxylation sites is 1. The van der Waals surface area contributed by atoms with Crippen LogP contribution in [0.5, 0.6) is 0 Å². The van der Waals surface area contributed by atoms with E-state index >= 15 is 0 Å². The van der Waals surface area contributed by atoms with Crippen molar-refractivity contribution < 1.29 is 19.4 Å². The summed E-state index contributed by atoms with van der Waals surface area (Å²) in [6.45, 7) is 6.00. The van der Waals surface area contributed by atoms with E-state index in [2.05, 4.69) is 10.2 Å². The summed E-state index contributed by atoms with van der Waals surface area (Å²) in [5.41, 5.74) is 4.24. The molecule has 0 radical (unpaired) electrons. The Hall–Kier alpha value is -2.88. The fraction of sp³-hybridized carbons (Fsp3) is 0.321. The number of fused-ring (bicyclic) bond motifs is 2. The van der Waals surface area contributed by atoms with Crippen molar-refractivity contribution in [2.45, 2.75) is 39.5 Å². The largest absolute Gasteiger partial charge is 0.392 e. The number of β-amino-alcohol motifs (C(OH)–C–C–N with tert-alkyl or cyclic N) is 1. The molecule has 0 aliphatic carbocycles. The summed E-state index contributed by atoms with van der Waals surface area (Å²) in [7, 11) is 1.63. The van der Waals surface area contributed by atoms with Crippen LogP contribution < -0.4 is 5.32 Å². The average molecular weight is 540 g/mol. The van der Waals surface area contributed by atoms with Crippen LogP contribution in [0.3, 0.4) is 0 Å². The molecule has 2 aromatic carbocycles. The van der Waals surface area contributed by atoms with Crippen molar-refractivity contribution in [2.75, 3.05) is 25.5 Å². The molecule has 5 rings (SSSR count). The van der Waals surface area contributed by atoms with Gasteiger partial charge in [0.1, 0.15) is 5.82 Å². The van der Waals surface area contributed by atoms with Gasteiger partial charge in [0, 0.05) is 47.8 Å². The Kier molecular flexibility index (Phi) is 8.26. The molecule has 4 aromatic rings. The van der Waals surface area contributed by atoms with E-state index in [9.17, 15) is 14.7 Å². The number of methoxy groups -OCH3 is 1. The van der Waals surface area contributed by atoms with Gasteiger partial charge in [-0.15, -0.1) is 23.7 Å². The van der Waals surface area contributed by atoms with Crippen LogP contribution in [0.4, 0.5) is 5.82 Å². The van der Waals surface area contributed by atoms with Crippen LogP contribution in [0.2, 0.25) is 0 Å². The second kappa shape index (κ2) is 11.2. The highest BCUT2D eigenvalue weighted by atomic mass is 35.5. The number of Topliss-reactive ketones (excluding diaryl/α,β-unsaturated/α-hetero) is 1. The number of nitrogens with zero attached hydrogens (tertiary/aromatic N) is 2. The zero-order valence-electron chi connectivity index (χ0n) is 21.0. The molecule has 194 valence electrons. The second-order valence-electron chi connectivity index (χ2n) is 9.34. The summed E-state index contributed by atoms with van der Waals surface area (Å²) in [6, 6.07) is 13.5. The van der Waals surface area contributed by atoms with E-state index in [4.69, 9.17) is 9.72 Å². The van der Waals surface area contributed by atoms with Gasteiger partial charge in [0.15, 0.2) is 5.78 Å². The van der Waals surface area contributed by atoms with E-state index in [0.717, 1.165) is 50.6 Å². The lowest BCUT2D eigenvalue weighted by atomic mass is 10.0. The number of ether oxygens (including phenoxy) is 1. The normalized spacial score (nSPS) is 15.7. The van der Waals surface area contributed by atoms with Crippen LogP contribution in [0.15, 0.2) is 42.5 Å². The van der Waals surface area contributed by atoms with Gasteiger partial charge < -0.3 is 15.2 Å². The Morgan fingerprint density at radius 3 is 2.70 bits per heavy atom. The van der Waals surface area contributed by atoms with Crippen LogP contribution >= 0.6 is 23.7 Å². The molecule has 1 atom stereocenters. The molecule has 0 bridgehead atoms. The van der Waals surface area contributed by atoms with Crippen LogP contribution in [0.25, 0.3) is 21.0 Å². The first kappa shape index (κ1) is 27.2. The zero-order chi connectivity index (χ0) is 25.4. The number of carbonyl (C=O) groups is 2. The minimum Gasteiger partial charge on any atom is -0.392 e. The Morgan fingerprint density at radius 2 is 2.00 bits per heavy atom. The number of pyridine rings is 1. The summed E-state index contributed by atoms with van der Waals surface area (Å²) in [5, 5.41) is 14.9. The zero-order valence-corrected chi connectivity index (χ0v) is 22.7. The van der Waals surface area contributed by atoms with E-state index in [1.807, 2.05) is 49.4 Å². The highest BCUT2D eigenvalue weighted by Crippen LogP contribution is 2.37. The van der Waals surface area contributed by atoms with Gasteiger partial charge in [0.2, 0.25) is 0 Å². The highest BCUT2D eigenvalue weighted by Gasteiger charge is 2.23. The van der Waals surface area contributed by atoms with Crippen molar-refractivity contribution in [1.82, 2.24) is 9.88 Å². The number of hydrogen-bond donors (Lipinski definition) is 2. The first-order valence-corrected chi connectivity index (χ1v) is 12.8. The predicted molar refractivity (Wildman–Crippen MR) is 150 cm³/mol. The number of thiophene rings is 1. The number of aliphatic hydroxyl groups is 1. The molecule has 3 heterocycles. The summed E-state index contributed by atoms with van der Waals surface area (Å²) in [5.74, 6) is 0.191. The van der Waals surface area contributed by atoms with Gasteiger partial charge in [0.05, 0.1) is 23.1 Å². The molecule has 2 aromatic heterocycles. The van der Waals surface area contributed by atoms with Crippen molar-refractivity contribution in [1.29, 1.82) is 0 Å². The van der Waals surface area contributed by atoms with Crippen LogP contribution in [0.1, 0.15) is 50.1 Å². The molecule has 9 heteroatoms. The van der Waals surface area contributed by atoms with Crippen LogP contribution in [-0.4, -0.2) is 53.0 Å². The third-order valence-electron chi connectivity index (χ3n) is 6.73. The Morgan fingerprint density at radius 1 is 1.22 bits per heavy atom. The molecule has 1 amide bonds. The topological polar surface area (TPSA) is 91.8 Å². The number of hydrogen-bond acceptors (Lipinski definition) is 7. The van der Waals surface area contributed by atoms with E-state index in [1.54, 1.807) is 14.0 Å². The number of nitrogens with one attached hydrogen (secondary N) is 1. The van der Waals surface area contributed by atoms with Crippen LogP contribution in [0, 0.1) is 6.92 Å². The number of ketones is 1. The first-order chi connectivity index (χ1) is 17.4. The average Bonchev–Trinajstić information content (AvgIpc) is 3.42. The highest BCUT2D eigenvalue weighted by molar-refractivity contribution is 7.21. The maximum absolute atomic E-state index is 13.5. The summed E-state index contributed by atoms with van der Waals surface area (Å²) >= 11 is 1.33. The molecular weight excluding hydrogens is 510 g/mol. The molecule has 1 aliphatic rings. The molecule has 1 saturated heterocycles. The number of amides is 1. The van der Waals surface area contributed by atoms with Crippen molar-refractivity contribution in [3.8, 4) is 0 Å². The third-order valence-corrected chi connectivity index (χ3v) is 8.06. The van der Waals surface area contributed by atoms with Gasteiger partial charge in [-0.2, -0.15) is 0 Å². The monoisotopic (exact) mass is 539 g/mol. The molecule has 0 saturated carbocycles. The first-order valence-electron chi connectivity index (χ1n) is 12.0. The smallest absolute Gasteiger partial charge is 0.267 e. The Balaban J connectivity index is 0.00000320. The summed E-state index contributed by atoms with van der Waals surface area (Å²) < 4.78 is 6.17. The lowest BCUT2D eigenvalue weighted by Gasteiger charge is -2.17. The van der Waals surface area contributed by atoms with E-state index in [0.29, 0.717) is 36.0 Å². The molecule has 7 nitrogen and oxygen atoms in total. The van der Waals surface area contributed by atoms with Gasteiger partial charge in [-0.25, -0.2) is 4.98 Å². The molecule has 0 spiro atoms. The van der Waals surface area contributed by atoms with Crippen molar-refractivity contribution in [2.24, 2.45) is 0 Å². The van der Waals surface area contributed by atoms with Gasteiger partial charge in [0.25, 0.3) is 5.91 Å². The van der Waals surface area contributed by atoms with E-state index in [1.165, 1.54) is 11.3 Å². The number of aliphatic hydroxyl groups excluding tert-OH is 1. The third kappa shape index (κ3) is 5.39. The molecular formula is C28H30ClN3O4S. The van der Waals surface area contributed by atoms with Gasteiger partial charge in [-0.3, -0.25) is 14.5 Å². The maximum Gasteiger partial charge on any atom is 0.267 e. The second-order valence-corrected chi connectivity index (χ2v) is 10.4. The van der Waals surface area contributed by atoms with Gasteiger partial charge >= 0.3 is 0 Å². The number of carbonyl (C=O) groups excluding carboxylic acids is 2. The van der Waals surface area contributed by atoms with Crippen molar-refractivity contribution >= 4 is 62.2 Å². The molecule has 1 fully saturated rings. The minimum absolute atomic E-state index is 0. The number of aryl methyl sites for hydroxylation is 1. The standard InChI is InChI=1S/C28H29N3O4S.ClH/c1-16-25-18(15-35-3)8-9-21(17(2)32)27(25)36-26(16)28(34)30-24-12-19(13-31-11-10-20(33)14-31)22-6-4-5-7-23(22)29-24;/h4-9,12,20,33H,10-11,13-15H2,1-3H3,(H,29,30,34);1H. The number of likely N-dealkylation sites (tertiary alicyclic amines) is 1. The number of aromatic nitrogens is 1. The predicted octanol–water partition coefficient (Wildman–Crippen LogP) is 5.35. The molecule has 1 aliphatic heterocycles. The van der Waals surface area contributed by atoms with E-state index < -0.39 is 0 Å². The fourth-order valence-corrected chi connectivity index (χ4v) is 6.33. The molecule has 1 unspecified atom stereocenters. The van der Waals surface area contributed by atoms with Crippen molar-refractivity contribution in [3.05, 3.63) is 69.6 Å². The summed E-state index contributed by atoms with van der Waals surface area (Å²) in [6.07, 6.45) is 0.474. The van der Waals surface area contributed by atoms with E-state index in [-0.39, 0.29) is 30.2 Å². The quantitative estimate of drug-likeness (QED) is 0.308. The Labute approximate surface area is 225 Å². The number of rotatable bonds is 7. The number of benzene rings is 2. The van der Waals surface area contributed by atoms with Crippen molar-refractivity contribution in [3.63, 3.8) is 0 Å². The summed E-state index contributed by atoms with van der Waals surface area (Å²) in [4.78, 5) is 33.2. The maximum atomic E-state index is 13.5. The fourth-order valence-electron chi connectivity index (χ4n) is 5.01.